The van der Waals surface area contributed by atoms with Crippen LogP contribution in [0.4, 0.5) is 0 Å². The summed E-state index contributed by atoms with van der Waals surface area (Å²) < 4.78 is 15.8. The second-order valence-electron chi connectivity index (χ2n) is 5.64. The molecule has 0 amide bonds. The molecule has 22 heavy (non-hydrogen) atoms. The predicted molar refractivity (Wildman–Crippen MR) is 81.1 cm³/mol. The molecule has 0 atom stereocenters. The second kappa shape index (κ2) is 5.14. The Hall–Kier alpha value is -2.33. The molecule has 2 aromatic rings. The number of carbonyl (C=O) groups is 1. The number of rotatable bonds is 2. The average Bonchev–Trinajstić information content (AvgIpc) is 2.51. The lowest BCUT2D eigenvalue weighted by Gasteiger charge is -2.28. The quantitative estimate of drug-likeness (QED) is 0.799. The molecule has 0 aliphatic carbocycles. The van der Waals surface area contributed by atoms with Crippen molar-refractivity contribution < 1.29 is 19.0 Å². The van der Waals surface area contributed by atoms with Crippen LogP contribution in [0.1, 0.15) is 27.4 Å². The Balaban J connectivity index is 1.77. The molecule has 0 unspecified atom stereocenters. The molecular weight excluding hydrogens is 280 g/mol. The van der Waals surface area contributed by atoms with E-state index in [9.17, 15) is 4.79 Å². The summed E-state index contributed by atoms with van der Waals surface area (Å²) in [5.41, 5.74) is 5.18. The molecule has 0 saturated carbocycles. The van der Waals surface area contributed by atoms with E-state index in [1.807, 2.05) is 6.07 Å². The molecule has 112 valence electrons. The minimum Gasteiger partial charge on any atom is -0.488 e. The van der Waals surface area contributed by atoms with E-state index in [1.165, 1.54) is 23.8 Å². The number of hydrogen-bond acceptors (Lipinski definition) is 4. The van der Waals surface area contributed by atoms with Gasteiger partial charge in [0.1, 0.15) is 12.4 Å². The molecule has 2 heterocycles. The van der Waals surface area contributed by atoms with Gasteiger partial charge in [0, 0.05) is 11.5 Å². The minimum atomic E-state index is -0.349. The van der Waals surface area contributed by atoms with Crippen molar-refractivity contribution in [2.75, 3.05) is 20.3 Å². The normalized spacial score (nSPS) is 16.0. The van der Waals surface area contributed by atoms with Gasteiger partial charge in [0.25, 0.3) is 0 Å². The van der Waals surface area contributed by atoms with Gasteiger partial charge in [0.2, 0.25) is 0 Å². The van der Waals surface area contributed by atoms with Gasteiger partial charge in [-0.3, -0.25) is 0 Å². The van der Waals surface area contributed by atoms with Crippen molar-refractivity contribution in [3.05, 3.63) is 53.1 Å². The summed E-state index contributed by atoms with van der Waals surface area (Å²) in [6.45, 7) is 2.11. The highest BCUT2D eigenvalue weighted by Gasteiger charge is 2.24. The summed E-state index contributed by atoms with van der Waals surface area (Å²) in [6, 6.07) is 12.0. The fourth-order valence-corrected chi connectivity index (χ4v) is 2.92. The van der Waals surface area contributed by atoms with Gasteiger partial charge >= 0.3 is 5.97 Å². The van der Waals surface area contributed by atoms with Crippen LogP contribution in [0, 0.1) is 0 Å². The summed E-state index contributed by atoms with van der Waals surface area (Å²) in [5.74, 6) is 0.876. The molecule has 2 aromatic carbocycles. The number of hydrogen-bond donors (Lipinski definition) is 0. The van der Waals surface area contributed by atoms with Crippen LogP contribution in [0.5, 0.6) is 5.75 Å². The average molecular weight is 296 g/mol. The van der Waals surface area contributed by atoms with Gasteiger partial charge < -0.3 is 14.2 Å². The molecular formula is C18H16O4. The maximum Gasteiger partial charge on any atom is 0.337 e. The fourth-order valence-electron chi connectivity index (χ4n) is 2.92. The van der Waals surface area contributed by atoms with Crippen molar-refractivity contribution >= 4 is 5.97 Å². The molecule has 2 aliphatic rings. The van der Waals surface area contributed by atoms with Crippen molar-refractivity contribution in [1.29, 1.82) is 0 Å². The summed E-state index contributed by atoms with van der Waals surface area (Å²) >= 11 is 0. The van der Waals surface area contributed by atoms with Crippen molar-refractivity contribution in [3.8, 4) is 16.9 Å². The third-order valence-electron chi connectivity index (χ3n) is 4.32. The van der Waals surface area contributed by atoms with Crippen molar-refractivity contribution in [3.63, 3.8) is 0 Å². The van der Waals surface area contributed by atoms with Crippen LogP contribution in [0.3, 0.4) is 0 Å². The van der Waals surface area contributed by atoms with Gasteiger partial charge in [-0.1, -0.05) is 18.2 Å². The van der Waals surface area contributed by atoms with E-state index < -0.39 is 0 Å². The van der Waals surface area contributed by atoms with Gasteiger partial charge in [0.05, 0.1) is 25.9 Å². The first-order chi connectivity index (χ1) is 10.8. The maximum absolute atomic E-state index is 11.6. The molecule has 0 aromatic heterocycles. The van der Waals surface area contributed by atoms with E-state index in [0.29, 0.717) is 18.1 Å². The SMILES string of the molecule is COC(=O)c1ccc2c(c1)OCc1ccc(C3COC3)cc1-2. The molecule has 4 heteroatoms. The molecule has 4 nitrogen and oxygen atoms in total. The van der Waals surface area contributed by atoms with Crippen LogP contribution in [0.2, 0.25) is 0 Å². The molecule has 1 fully saturated rings. The van der Waals surface area contributed by atoms with Crippen molar-refractivity contribution in [2.24, 2.45) is 0 Å². The zero-order valence-corrected chi connectivity index (χ0v) is 12.3. The lowest BCUT2D eigenvalue weighted by Crippen LogP contribution is -2.25. The zero-order valence-electron chi connectivity index (χ0n) is 12.3. The lowest BCUT2D eigenvalue weighted by atomic mass is 9.89. The molecule has 0 N–H and O–H groups in total. The molecule has 0 radical (unpaired) electrons. The first kappa shape index (κ1) is 13.3. The number of fused-ring (bicyclic) bond motifs is 3. The predicted octanol–water partition coefficient (Wildman–Crippen LogP) is 3.15. The zero-order chi connectivity index (χ0) is 15.1. The Labute approximate surface area is 128 Å². The summed E-state index contributed by atoms with van der Waals surface area (Å²) in [7, 11) is 1.38. The highest BCUT2D eigenvalue weighted by Crippen LogP contribution is 2.40. The van der Waals surface area contributed by atoms with Crippen LogP contribution in [0.25, 0.3) is 11.1 Å². The number of ether oxygens (including phenoxy) is 3. The summed E-state index contributed by atoms with van der Waals surface area (Å²) in [5, 5.41) is 0. The minimum absolute atomic E-state index is 0.349. The largest absolute Gasteiger partial charge is 0.488 e. The third kappa shape index (κ3) is 2.07. The van der Waals surface area contributed by atoms with Crippen LogP contribution < -0.4 is 4.74 Å². The highest BCUT2D eigenvalue weighted by atomic mass is 16.5. The van der Waals surface area contributed by atoms with E-state index >= 15 is 0 Å². The third-order valence-corrected chi connectivity index (χ3v) is 4.32. The van der Waals surface area contributed by atoms with Gasteiger partial charge in [-0.25, -0.2) is 4.79 Å². The van der Waals surface area contributed by atoms with Crippen LogP contribution in [-0.4, -0.2) is 26.3 Å². The van der Waals surface area contributed by atoms with Crippen LogP contribution in [-0.2, 0) is 16.1 Å². The van der Waals surface area contributed by atoms with E-state index in [2.05, 4.69) is 18.2 Å². The van der Waals surface area contributed by atoms with E-state index in [1.54, 1.807) is 12.1 Å². The van der Waals surface area contributed by atoms with Gasteiger partial charge in [-0.05, 0) is 34.9 Å². The Kier molecular flexibility index (Phi) is 3.12. The maximum atomic E-state index is 11.6. The molecule has 1 saturated heterocycles. The van der Waals surface area contributed by atoms with E-state index in [0.717, 1.165) is 24.5 Å². The van der Waals surface area contributed by atoms with Crippen LogP contribution >= 0.6 is 0 Å². The van der Waals surface area contributed by atoms with Crippen LogP contribution in [0.15, 0.2) is 36.4 Å². The van der Waals surface area contributed by atoms with E-state index in [-0.39, 0.29) is 5.97 Å². The first-order valence-electron chi connectivity index (χ1n) is 7.32. The Bertz CT molecular complexity index is 747. The fraction of sp³-hybridized carbons (Fsp3) is 0.278. The summed E-state index contributed by atoms with van der Waals surface area (Å²) in [4.78, 5) is 11.6. The van der Waals surface area contributed by atoms with Crippen molar-refractivity contribution in [2.45, 2.75) is 12.5 Å². The second-order valence-corrected chi connectivity index (χ2v) is 5.64. The van der Waals surface area contributed by atoms with Crippen molar-refractivity contribution in [1.82, 2.24) is 0 Å². The number of methoxy groups -OCH3 is 1. The standard InChI is InChI=1S/C18H16O4/c1-20-18(19)12-4-5-15-16-6-11(14-8-21-9-14)2-3-13(16)10-22-17(15)7-12/h2-7,14H,8-10H2,1H3. The monoisotopic (exact) mass is 296 g/mol. The Morgan fingerprint density at radius 1 is 1.14 bits per heavy atom. The Morgan fingerprint density at radius 3 is 2.73 bits per heavy atom. The number of esters is 1. The highest BCUT2D eigenvalue weighted by molar-refractivity contribution is 5.91. The van der Waals surface area contributed by atoms with Gasteiger partial charge in [-0.2, -0.15) is 0 Å². The smallest absolute Gasteiger partial charge is 0.337 e. The Morgan fingerprint density at radius 2 is 2.00 bits per heavy atom. The van der Waals surface area contributed by atoms with Gasteiger partial charge in [-0.15, -0.1) is 0 Å². The van der Waals surface area contributed by atoms with Gasteiger partial charge in [0.15, 0.2) is 0 Å². The number of carbonyl (C=O) groups excluding carboxylic acids is 1. The topological polar surface area (TPSA) is 44.8 Å². The molecule has 0 bridgehead atoms. The molecule has 2 aliphatic heterocycles. The summed E-state index contributed by atoms with van der Waals surface area (Å²) in [6.07, 6.45) is 0. The molecule has 0 spiro atoms. The molecule has 4 rings (SSSR count). The first-order valence-corrected chi connectivity index (χ1v) is 7.32. The van der Waals surface area contributed by atoms with E-state index in [4.69, 9.17) is 14.2 Å². The lowest BCUT2D eigenvalue weighted by molar-refractivity contribution is 0.00842. The number of benzene rings is 2.